The molecule has 2 saturated heterocycles. The van der Waals surface area contributed by atoms with Gasteiger partial charge < -0.3 is 24.6 Å². The van der Waals surface area contributed by atoms with Gasteiger partial charge in [-0.3, -0.25) is 4.90 Å². The summed E-state index contributed by atoms with van der Waals surface area (Å²) >= 11 is 1.75. The van der Waals surface area contributed by atoms with Crippen molar-refractivity contribution in [1.29, 1.82) is 0 Å². The van der Waals surface area contributed by atoms with Crippen LogP contribution in [0, 0.1) is 0 Å². The van der Waals surface area contributed by atoms with Crippen LogP contribution in [0.1, 0.15) is 30.7 Å². The SMILES string of the molecule is O=C(O)C(F)(F)F.O=C(O)C(F)(F)F.c1csc(CN2CCO[C@H]3[C@H](OCCN4CCCC4)CC[C@@H]32)n1. The average Bonchev–Trinajstić information content (AvgIpc) is 3.57. The Balaban J connectivity index is 0.000000286. The number of hydrogen-bond donors (Lipinski definition) is 2. The fourth-order valence-corrected chi connectivity index (χ4v) is 4.85. The highest BCUT2D eigenvalue weighted by Gasteiger charge is 2.43. The number of carboxylic acid groups (broad SMARTS) is 2. The molecule has 0 unspecified atom stereocenters. The van der Waals surface area contributed by atoms with Crippen molar-refractivity contribution < 1.29 is 55.6 Å². The van der Waals surface area contributed by atoms with E-state index >= 15 is 0 Å². The number of hydrogen-bond acceptors (Lipinski definition) is 8. The average molecular weight is 566 g/mol. The molecule has 0 radical (unpaired) electrons. The van der Waals surface area contributed by atoms with Crippen LogP contribution in [0.5, 0.6) is 0 Å². The number of nitrogens with zero attached hydrogens (tertiary/aromatic N) is 3. The molecule has 1 aromatic rings. The van der Waals surface area contributed by atoms with Crippen molar-refractivity contribution in [3.63, 3.8) is 0 Å². The molecular weight excluding hydrogens is 536 g/mol. The van der Waals surface area contributed by atoms with Crippen molar-refractivity contribution in [2.45, 2.75) is 62.8 Å². The summed E-state index contributed by atoms with van der Waals surface area (Å²) in [5, 5.41) is 17.5. The number of aliphatic carboxylic acids is 2. The zero-order valence-corrected chi connectivity index (χ0v) is 20.5. The summed E-state index contributed by atoms with van der Waals surface area (Å²) in [6.45, 7) is 7.22. The third-order valence-electron chi connectivity index (χ3n) is 5.90. The van der Waals surface area contributed by atoms with E-state index in [1.54, 1.807) is 11.3 Å². The molecule has 0 aromatic carbocycles. The van der Waals surface area contributed by atoms with E-state index in [2.05, 4.69) is 20.2 Å². The van der Waals surface area contributed by atoms with Crippen LogP contribution in [0.3, 0.4) is 0 Å². The second-order valence-corrected chi connectivity index (χ2v) is 9.42. The van der Waals surface area contributed by atoms with Crippen LogP contribution in [0.4, 0.5) is 26.3 Å². The molecule has 212 valence electrons. The highest BCUT2D eigenvalue weighted by molar-refractivity contribution is 7.09. The molecule has 3 aliphatic rings. The fourth-order valence-electron chi connectivity index (χ4n) is 4.21. The lowest BCUT2D eigenvalue weighted by atomic mass is 10.1. The summed E-state index contributed by atoms with van der Waals surface area (Å²) in [5.41, 5.74) is 0. The maximum absolute atomic E-state index is 10.6. The van der Waals surface area contributed by atoms with Crippen LogP contribution in [-0.2, 0) is 25.6 Å². The number of fused-ring (bicyclic) bond motifs is 1. The van der Waals surface area contributed by atoms with Crippen molar-refractivity contribution in [2.24, 2.45) is 0 Å². The summed E-state index contributed by atoms with van der Waals surface area (Å²) in [5.74, 6) is -5.51. The minimum absolute atomic E-state index is 0.252. The molecule has 2 N–H and O–H groups in total. The van der Waals surface area contributed by atoms with Crippen molar-refractivity contribution in [3.05, 3.63) is 16.6 Å². The topological polar surface area (TPSA) is 112 Å². The lowest BCUT2D eigenvalue weighted by Gasteiger charge is -2.38. The molecule has 3 atom stereocenters. The number of halogens is 6. The van der Waals surface area contributed by atoms with Crippen LogP contribution in [0.2, 0.25) is 0 Å². The maximum Gasteiger partial charge on any atom is 0.490 e. The summed E-state index contributed by atoms with van der Waals surface area (Å²) in [6, 6.07) is 0.504. The van der Waals surface area contributed by atoms with Gasteiger partial charge in [0.2, 0.25) is 0 Å². The highest BCUT2D eigenvalue weighted by atomic mass is 32.1. The first-order chi connectivity index (χ1) is 17.3. The van der Waals surface area contributed by atoms with Crippen LogP contribution >= 0.6 is 11.3 Å². The lowest BCUT2D eigenvalue weighted by Crippen LogP contribution is -2.51. The van der Waals surface area contributed by atoms with Gasteiger partial charge in [-0.15, -0.1) is 11.3 Å². The first-order valence-electron chi connectivity index (χ1n) is 11.5. The third-order valence-corrected chi connectivity index (χ3v) is 6.66. The fraction of sp³-hybridized carbons (Fsp3) is 0.762. The Bertz CT molecular complexity index is 812. The normalized spacial score (nSPS) is 24.4. The summed E-state index contributed by atoms with van der Waals surface area (Å²) in [6.07, 6.45) is -2.72. The minimum atomic E-state index is -5.08. The molecular formula is C21H29F6N3O6S. The molecule has 0 amide bonds. The molecule has 3 fully saturated rings. The summed E-state index contributed by atoms with van der Waals surface area (Å²) in [4.78, 5) is 27.3. The molecule has 1 saturated carbocycles. The van der Waals surface area contributed by atoms with E-state index in [1.807, 2.05) is 6.20 Å². The van der Waals surface area contributed by atoms with Gasteiger partial charge in [-0.05, 0) is 38.8 Å². The predicted octanol–water partition coefficient (Wildman–Crippen LogP) is 3.25. The van der Waals surface area contributed by atoms with Crippen molar-refractivity contribution >= 4 is 23.3 Å². The van der Waals surface area contributed by atoms with Gasteiger partial charge in [0.25, 0.3) is 0 Å². The Labute approximate surface area is 213 Å². The number of ether oxygens (including phenoxy) is 2. The zero-order chi connectivity index (χ0) is 27.6. The molecule has 0 bridgehead atoms. The number of likely N-dealkylation sites (tertiary alicyclic amines) is 1. The Morgan fingerprint density at radius 1 is 1.05 bits per heavy atom. The smallest absolute Gasteiger partial charge is 0.475 e. The standard InChI is InChI=1S/C17H27N3O2S.2C2HF3O2/c1-2-7-19(6-1)8-10-21-15-4-3-14-17(15)22-11-9-20(14)13-16-18-5-12-23-16;2*3-2(4,5)1(6)7/h5,12,14-15,17H,1-4,6-11,13H2;2*(H,6,7)/t14-,15+,17+;;/m0../s1. The van der Waals surface area contributed by atoms with E-state index in [1.165, 1.54) is 37.4 Å². The first-order valence-corrected chi connectivity index (χ1v) is 12.3. The van der Waals surface area contributed by atoms with Crippen molar-refractivity contribution in [3.8, 4) is 0 Å². The zero-order valence-electron chi connectivity index (χ0n) is 19.7. The monoisotopic (exact) mass is 565 g/mol. The Morgan fingerprint density at radius 2 is 1.65 bits per heavy atom. The Hall–Kier alpha value is -2.01. The molecule has 2 aliphatic heterocycles. The number of rotatable bonds is 6. The van der Waals surface area contributed by atoms with E-state index in [4.69, 9.17) is 29.3 Å². The van der Waals surface area contributed by atoms with Gasteiger partial charge in [-0.25, -0.2) is 14.6 Å². The van der Waals surface area contributed by atoms with Gasteiger partial charge >= 0.3 is 24.3 Å². The molecule has 0 spiro atoms. The number of carbonyl (C=O) groups is 2. The van der Waals surface area contributed by atoms with Crippen LogP contribution in [-0.4, -0.2) is 107 Å². The van der Waals surface area contributed by atoms with Crippen LogP contribution in [0.25, 0.3) is 0 Å². The molecule has 16 heteroatoms. The molecule has 9 nitrogen and oxygen atoms in total. The second kappa shape index (κ2) is 14.2. The van der Waals surface area contributed by atoms with Crippen LogP contribution in [0.15, 0.2) is 11.6 Å². The molecule has 37 heavy (non-hydrogen) atoms. The van der Waals surface area contributed by atoms with Gasteiger partial charge in [-0.2, -0.15) is 26.3 Å². The number of alkyl halides is 6. The number of thiazole rings is 1. The quantitative estimate of drug-likeness (QED) is 0.502. The molecule has 3 heterocycles. The van der Waals surface area contributed by atoms with E-state index in [0.717, 1.165) is 39.3 Å². The highest BCUT2D eigenvalue weighted by Crippen LogP contribution is 2.33. The summed E-state index contributed by atoms with van der Waals surface area (Å²) < 4.78 is 75.8. The van der Waals surface area contributed by atoms with Gasteiger partial charge in [0.1, 0.15) is 5.01 Å². The molecule has 1 aliphatic carbocycles. The van der Waals surface area contributed by atoms with E-state index < -0.39 is 24.3 Å². The first kappa shape index (κ1) is 31.2. The number of carboxylic acids is 2. The van der Waals surface area contributed by atoms with Gasteiger partial charge in [-0.1, -0.05) is 0 Å². The number of morpholine rings is 1. The predicted molar refractivity (Wildman–Crippen MR) is 118 cm³/mol. The Morgan fingerprint density at radius 3 is 2.16 bits per heavy atom. The molecule has 1 aromatic heterocycles. The van der Waals surface area contributed by atoms with E-state index in [0.29, 0.717) is 6.04 Å². The summed E-state index contributed by atoms with van der Waals surface area (Å²) in [7, 11) is 0. The van der Waals surface area contributed by atoms with E-state index in [-0.39, 0.29) is 12.2 Å². The van der Waals surface area contributed by atoms with Gasteiger partial charge in [0, 0.05) is 30.7 Å². The van der Waals surface area contributed by atoms with Crippen LogP contribution < -0.4 is 0 Å². The van der Waals surface area contributed by atoms with Crippen molar-refractivity contribution in [2.75, 3.05) is 39.4 Å². The van der Waals surface area contributed by atoms with Crippen molar-refractivity contribution in [1.82, 2.24) is 14.8 Å². The maximum atomic E-state index is 10.6. The largest absolute Gasteiger partial charge is 0.490 e. The third kappa shape index (κ3) is 10.7. The second-order valence-electron chi connectivity index (χ2n) is 8.44. The lowest BCUT2D eigenvalue weighted by molar-refractivity contribution is -0.193. The van der Waals surface area contributed by atoms with E-state index in [9.17, 15) is 26.3 Å². The van der Waals surface area contributed by atoms with Gasteiger partial charge in [0.15, 0.2) is 0 Å². The van der Waals surface area contributed by atoms with Gasteiger partial charge in [0.05, 0.1) is 32.0 Å². The molecule has 4 rings (SSSR count). The minimum Gasteiger partial charge on any atom is -0.475 e. The number of aromatic nitrogens is 1. The Kier molecular flexibility index (Phi) is 12.0.